The van der Waals surface area contributed by atoms with Crippen LogP contribution in [0.15, 0.2) is 28.0 Å². The van der Waals surface area contributed by atoms with E-state index in [4.69, 9.17) is 4.42 Å². The molecule has 0 aliphatic heterocycles. The smallest absolute Gasteiger partial charge is 0.235 e. The van der Waals surface area contributed by atoms with Crippen LogP contribution in [0.5, 0.6) is 0 Å². The number of carbonyl (C=O) groups is 1. The van der Waals surface area contributed by atoms with Crippen molar-refractivity contribution in [2.24, 2.45) is 7.05 Å². The van der Waals surface area contributed by atoms with E-state index in [0.29, 0.717) is 17.6 Å². The van der Waals surface area contributed by atoms with Crippen LogP contribution in [0.3, 0.4) is 0 Å². The number of rotatable bonds is 5. The number of hydrogen-bond acceptors (Lipinski definition) is 5. The molecule has 0 aromatic carbocycles. The first kappa shape index (κ1) is 17.1. The number of carbonyl (C=O) groups excluding carboxylic acids is 1. The molecule has 130 valence electrons. The molecule has 1 aliphatic carbocycles. The van der Waals surface area contributed by atoms with Crippen LogP contribution in [-0.2, 0) is 11.8 Å². The molecule has 0 bridgehead atoms. The van der Waals surface area contributed by atoms with E-state index in [-0.39, 0.29) is 11.2 Å². The van der Waals surface area contributed by atoms with Gasteiger partial charge in [0.05, 0.1) is 11.5 Å². The van der Waals surface area contributed by atoms with Gasteiger partial charge in [0.15, 0.2) is 16.7 Å². The lowest BCUT2D eigenvalue weighted by Gasteiger charge is -2.32. The molecule has 1 amide bonds. The maximum atomic E-state index is 12.7. The first-order valence-corrected chi connectivity index (χ1v) is 9.32. The first-order chi connectivity index (χ1) is 11.6. The predicted octanol–water partition coefficient (Wildman–Crippen LogP) is 3.35. The van der Waals surface area contributed by atoms with Crippen molar-refractivity contribution in [3.63, 3.8) is 0 Å². The molecule has 2 aromatic rings. The van der Waals surface area contributed by atoms with Crippen LogP contribution in [0.2, 0.25) is 0 Å². The van der Waals surface area contributed by atoms with E-state index in [9.17, 15) is 4.79 Å². The molecular weight excluding hydrogens is 324 g/mol. The Bertz CT molecular complexity index is 677. The minimum Gasteiger partial charge on any atom is -0.461 e. The summed E-state index contributed by atoms with van der Waals surface area (Å²) >= 11 is 1.45. The lowest BCUT2D eigenvalue weighted by atomic mass is 9.94. The molecule has 2 aromatic heterocycles. The third-order valence-corrected chi connectivity index (χ3v) is 5.80. The monoisotopic (exact) mass is 348 g/mol. The minimum atomic E-state index is -0.190. The third-order valence-electron chi connectivity index (χ3n) is 4.68. The average Bonchev–Trinajstić information content (AvgIpc) is 3.25. The Labute approximate surface area is 146 Å². The molecule has 1 aliphatic rings. The molecule has 24 heavy (non-hydrogen) atoms. The van der Waals surface area contributed by atoms with Gasteiger partial charge in [-0.05, 0) is 31.9 Å². The first-order valence-electron chi connectivity index (χ1n) is 8.44. The molecule has 6 nitrogen and oxygen atoms in total. The summed E-state index contributed by atoms with van der Waals surface area (Å²) in [6.45, 7) is 1.94. The van der Waals surface area contributed by atoms with Crippen LogP contribution >= 0.6 is 11.8 Å². The van der Waals surface area contributed by atoms with Crippen molar-refractivity contribution in [3.05, 3.63) is 18.4 Å². The second-order valence-corrected chi connectivity index (χ2v) is 7.65. The number of amides is 1. The normalized spacial score (nSPS) is 17.0. The van der Waals surface area contributed by atoms with Gasteiger partial charge in [0.25, 0.3) is 0 Å². The summed E-state index contributed by atoms with van der Waals surface area (Å²) in [5.74, 6) is 1.51. The van der Waals surface area contributed by atoms with Gasteiger partial charge in [-0.25, -0.2) is 0 Å². The maximum absolute atomic E-state index is 12.7. The summed E-state index contributed by atoms with van der Waals surface area (Å²) in [5.41, 5.74) is 0. The van der Waals surface area contributed by atoms with Gasteiger partial charge in [-0.15, -0.1) is 10.2 Å². The highest BCUT2D eigenvalue weighted by Gasteiger charge is 2.27. The molecule has 0 N–H and O–H groups in total. The lowest BCUT2D eigenvalue weighted by Crippen LogP contribution is -2.42. The molecule has 0 unspecified atom stereocenters. The molecule has 1 saturated carbocycles. The fourth-order valence-electron chi connectivity index (χ4n) is 3.18. The average molecular weight is 348 g/mol. The second kappa shape index (κ2) is 7.42. The van der Waals surface area contributed by atoms with Crippen LogP contribution in [0, 0.1) is 0 Å². The Hall–Kier alpha value is -1.76. The van der Waals surface area contributed by atoms with Crippen LogP contribution in [0.25, 0.3) is 11.6 Å². The zero-order chi connectivity index (χ0) is 17.1. The zero-order valence-corrected chi connectivity index (χ0v) is 15.3. The molecule has 1 fully saturated rings. The number of furan rings is 1. The number of thioether (sulfide) groups is 1. The Morgan fingerprint density at radius 2 is 2.12 bits per heavy atom. The molecule has 2 heterocycles. The van der Waals surface area contributed by atoms with E-state index in [1.54, 1.807) is 6.26 Å². The lowest BCUT2D eigenvalue weighted by molar-refractivity contribution is -0.131. The van der Waals surface area contributed by atoms with Gasteiger partial charge in [0.1, 0.15) is 0 Å². The van der Waals surface area contributed by atoms with E-state index < -0.39 is 0 Å². The van der Waals surface area contributed by atoms with Crippen molar-refractivity contribution < 1.29 is 9.21 Å². The predicted molar refractivity (Wildman–Crippen MR) is 93.7 cm³/mol. The highest BCUT2D eigenvalue weighted by atomic mass is 32.2. The Balaban J connectivity index is 1.66. The summed E-state index contributed by atoms with van der Waals surface area (Å²) in [7, 11) is 3.82. The van der Waals surface area contributed by atoms with Crippen molar-refractivity contribution in [1.29, 1.82) is 0 Å². The van der Waals surface area contributed by atoms with Crippen molar-refractivity contribution >= 4 is 17.7 Å². The van der Waals surface area contributed by atoms with E-state index >= 15 is 0 Å². The summed E-state index contributed by atoms with van der Waals surface area (Å²) in [6.07, 6.45) is 7.58. The number of hydrogen-bond donors (Lipinski definition) is 0. The summed E-state index contributed by atoms with van der Waals surface area (Å²) in [6, 6.07) is 4.05. The van der Waals surface area contributed by atoms with Gasteiger partial charge in [-0.3, -0.25) is 4.79 Å². The summed E-state index contributed by atoms with van der Waals surface area (Å²) in [5, 5.41) is 8.92. The third kappa shape index (κ3) is 3.50. The van der Waals surface area contributed by atoms with Gasteiger partial charge in [-0.2, -0.15) is 0 Å². The van der Waals surface area contributed by atoms with Crippen LogP contribution in [-0.4, -0.2) is 43.9 Å². The molecule has 7 heteroatoms. The number of nitrogens with zero attached hydrogens (tertiary/aromatic N) is 4. The maximum Gasteiger partial charge on any atom is 0.235 e. The molecular formula is C17H24N4O2S. The molecule has 0 saturated heterocycles. The van der Waals surface area contributed by atoms with Crippen LogP contribution < -0.4 is 0 Å². The Morgan fingerprint density at radius 3 is 2.79 bits per heavy atom. The molecule has 0 radical (unpaired) electrons. The highest BCUT2D eigenvalue weighted by Crippen LogP contribution is 2.28. The van der Waals surface area contributed by atoms with E-state index in [1.807, 2.05) is 42.6 Å². The van der Waals surface area contributed by atoms with E-state index in [2.05, 4.69) is 10.2 Å². The van der Waals surface area contributed by atoms with Gasteiger partial charge in [0, 0.05) is 20.1 Å². The van der Waals surface area contributed by atoms with Crippen molar-refractivity contribution in [2.75, 3.05) is 7.05 Å². The molecule has 1 atom stereocenters. The standard InChI is InChI=1S/C17H24N4O2S/c1-12(16(22)20(2)13-8-5-4-6-9-13)24-17-19-18-15(21(17)3)14-10-7-11-23-14/h7,10-13H,4-6,8-9H2,1-3H3/t12-/m1/s1. The van der Waals surface area contributed by atoms with Crippen molar-refractivity contribution in [2.45, 2.75) is 55.5 Å². The fourth-order valence-corrected chi connectivity index (χ4v) is 4.10. The zero-order valence-electron chi connectivity index (χ0n) is 14.4. The quantitative estimate of drug-likeness (QED) is 0.775. The van der Waals surface area contributed by atoms with Gasteiger partial charge in [-0.1, -0.05) is 31.0 Å². The van der Waals surface area contributed by atoms with Gasteiger partial charge < -0.3 is 13.9 Å². The second-order valence-electron chi connectivity index (χ2n) is 6.34. The molecule has 0 spiro atoms. The van der Waals surface area contributed by atoms with Crippen molar-refractivity contribution in [3.8, 4) is 11.6 Å². The number of aromatic nitrogens is 3. The van der Waals surface area contributed by atoms with Crippen LogP contribution in [0.1, 0.15) is 39.0 Å². The summed E-state index contributed by atoms with van der Waals surface area (Å²) in [4.78, 5) is 14.7. The fraction of sp³-hybridized carbons (Fsp3) is 0.588. The molecule has 3 rings (SSSR count). The SMILES string of the molecule is C[C@@H](Sc1nnc(-c2ccco2)n1C)C(=O)N(C)C1CCCCC1. The Kier molecular flexibility index (Phi) is 5.28. The summed E-state index contributed by atoms with van der Waals surface area (Å²) < 4.78 is 7.24. The van der Waals surface area contributed by atoms with Gasteiger partial charge in [0.2, 0.25) is 5.91 Å². The highest BCUT2D eigenvalue weighted by molar-refractivity contribution is 8.00. The van der Waals surface area contributed by atoms with Gasteiger partial charge >= 0.3 is 0 Å². The Morgan fingerprint density at radius 1 is 1.38 bits per heavy atom. The largest absolute Gasteiger partial charge is 0.461 e. The van der Waals surface area contributed by atoms with E-state index in [0.717, 1.165) is 18.0 Å². The van der Waals surface area contributed by atoms with Crippen molar-refractivity contribution in [1.82, 2.24) is 19.7 Å². The van der Waals surface area contributed by atoms with Crippen LogP contribution in [0.4, 0.5) is 0 Å². The topological polar surface area (TPSA) is 64.2 Å². The minimum absolute atomic E-state index is 0.162. The van der Waals surface area contributed by atoms with E-state index in [1.165, 1.54) is 31.0 Å².